The number of aryl methyl sites for hydroxylation is 3. The molecule has 2 N–H and O–H groups in total. The van der Waals surface area contributed by atoms with E-state index < -0.39 is 0 Å². The molecule has 316 valence electrons. The van der Waals surface area contributed by atoms with Crippen molar-refractivity contribution in [3.05, 3.63) is 148 Å². The van der Waals surface area contributed by atoms with E-state index in [-0.39, 0.29) is 24.3 Å². The van der Waals surface area contributed by atoms with Crippen LogP contribution in [0.3, 0.4) is 0 Å². The maximum absolute atomic E-state index is 12.8. The van der Waals surface area contributed by atoms with Gasteiger partial charge in [-0.25, -0.2) is 0 Å². The van der Waals surface area contributed by atoms with Gasteiger partial charge >= 0.3 is 0 Å². The third-order valence-electron chi connectivity index (χ3n) is 11.0. The number of ether oxygens (including phenoxy) is 3. The van der Waals surface area contributed by atoms with E-state index in [0.717, 1.165) is 70.8 Å². The number of benzene rings is 5. The maximum Gasteiger partial charge on any atom is 0.163 e. The Morgan fingerprint density at radius 1 is 0.750 bits per heavy atom. The van der Waals surface area contributed by atoms with Gasteiger partial charge < -0.3 is 24.8 Å². The first-order valence-corrected chi connectivity index (χ1v) is 21.3. The first kappa shape index (κ1) is 45.3. The van der Waals surface area contributed by atoms with Crippen molar-refractivity contribution in [1.29, 1.82) is 0 Å². The highest BCUT2D eigenvalue weighted by atomic mass is 16.5. The Hall–Kier alpha value is -5.82. The zero-order chi connectivity index (χ0) is 43.3. The summed E-state index contributed by atoms with van der Waals surface area (Å²) in [6.45, 7) is 24.5. The van der Waals surface area contributed by atoms with E-state index in [1.165, 1.54) is 22.3 Å². The summed E-state index contributed by atoms with van der Waals surface area (Å²) >= 11 is 0. The highest BCUT2D eigenvalue weighted by Gasteiger charge is 2.17. The molecule has 3 atom stereocenters. The van der Waals surface area contributed by atoms with Crippen molar-refractivity contribution in [2.45, 2.75) is 101 Å². The van der Waals surface area contributed by atoms with E-state index in [1.807, 2.05) is 19.2 Å². The quantitative estimate of drug-likeness (QED) is 0.0568. The highest BCUT2D eigenvalue weighted by molar-refractivity contribution is 6.00. The van der Waals surface area contributed by atoms with Gasteiger partial charge in [0, 0.05) is 53.4 Å². The standard InChI is InChI=1S/C53H65N3O4/c1-12-40(9)56-46-25-42(32-59-51-28-49(47(34(2)3)23-39(51)8)54-30-35(4)21-44-19-15-13-17-37(44)6)24-43(26-46)33-60-53-29-50(48(41(10)57)27-52(53)58-11)55-31-36(5)22-45-20-16-14-18-38(45)7/h13-20,23-29,31,35-36,40,54,56H,2,12,21-22,30,32-33H2,1,3-11H3/t35-,36-,40?/m0/s1. The van der Waals surface area contributed by atoms with Crippen molar-refractivity contribution in [2.24, 2.45) is 16.8 Å². The zero-order valence-corrected chi connectivity index (χ0v) is 37.5. The molecule has 7 nitrogen and oxygen atoms in total. The second-order valence-electron chi connectivity index (χ2n) is 16.6. The average molecular weight is 808 g/mol. The summed E-state index contributed by atoms with van der Waals surface area (Å²) in [4.78, 5) is 17.6. The van der Waals surface area contributed by atoms with Crippen molar-refractivity contribution >= 4 is 34.6 Å². The van der Waals surface area contributed by atoms with Crippen LogP contribution >= 0.6 is 0 Å². The molecule has 5 aromatic carbocycles. The molecule has 0 radical (unpaired) electrons. The first-order valence-electron chi connectivity index (χ1n) is 21.3. The van der Waals surface area contributed by atoms with E-state index in [0.29, 0.717) is 35.3 Å². The summed E-state index contributed by atoms with van der Waals surface area (Å²) in [5.74, 6) is 2.32. The Bertz CT molecular complexity index is 2290. The monoisotopic (exact) mass is 807 g/mol. The maximum atomic E-state index is 12.8. The summed E-state index contributed by atoms with van der Waals surface area (Å²) in [5, 5.41) is 7.37. The number of methoxy groups -OCH3 is 1. The number of nitrogens with zero attached hydrogens (tertiary/aromatic N) is 1. The number of hydrogen-bond acceptors (Lipinski definition) is 7. The molecule has 0 bridgehead atoms. The summed E-state index contributed by atoms with van der Waals surface area (Å²) in [6, 6.07) is 31.5. The Labute approximate surface area is 359 Å². The molecule has 1 unspecified atom stereocenters. The van der Waals surface area contributed by atoms with Crippen molar-refractivity contribution in [2.75, 3.05) is 24.3 Å². The minimum atomic E-state index is -0.0906. The highest BCUT2D eigenvalue weighted by Crippen LogP contribution is 2.37. The van der Waals surface area contributed by atoms with Crippen LogP contribution in [0.1, 0.15) is 103 Å². The van der Waals surface area contributed by atoms with Crippen molar-refractivity contribution in [3.8, 4) is 17.2 Å². The number of rotatable bonds is 21. The SMILES string of the molecule is C=C(C)c1cc(C)c(OCc2cc(COc3cc(N=C[C@@H](C)Cc4ccccc4C)c(C(C)=O)cc3OC)cc(NC(C)CC)c2)cc1NC[C@@H](C)Cc1ccccc1C. The van der Waals surface area contributed by atoms with Gasteiger partial charge in [0.2, 0.25) is 0 Å². The van der Waals surface area contributed by atoms with Gasteiger partial charge in [-0.15, -0.1) is 0 Å². The molecule has 0 spiro atoms. The fourth-order valence-electron chi connectivity index (χ4n) is 7.29. The molecule has 0 amide bonds. The van der Waals surface area contributed by atoms with Crippen molar-refractivity contribution in [3.63, 3.8) is 0 Å². The van der Waals surface area contributed by atoms with Gasteiger partial charge in [0.05, 0.1) is 12.8 Å². The first-order chi connectivity index (χ1) is 28.7. The number of hydrogen-bond donors (Lipinski definition) is 2. The van der Waals surface area contributed by atoms with Crippen LogP contribution in [0.25, 0.3) is 5.57 Å². The number of carbonyl (C=O) groups is 1. The minimum absolute atomic E-state index is 0.0906. The molecule has 0 aliphatic heterocycles. The van der Waals surface area contributed by atoms with Crippen LogP contribution in [0.5, 0.6) is 17.2 Å². The van der Waals surface area contributed by atoms with Gasteiger partial charge in [-0.1, -0.05) is 75.9 Å². The largest absolute Gasteiger partial charge is 0.493 e. The number of Topliss-reactive ketones (excluding diaryl/α,β-unsaturated/α-hetero) is 1. The van der Waals surface area contributed by atoms with Gasteiger partial charge in [0.1, 0.15) is 19.0 Å². The van der Waals surface area contributed by atoms with E-state index in [2.05, 4.69) is 145 Å². The van der Waals surface area contributed by atoms with Crippen LogP contribution < -0.4 is 24.8 Å². The topological polar surface area (TPSA) is 81.2 Å². The van der Waals surface area contributed by atoms with Gasteiger partial charge in [0.25, 0.3) is 0 Å². The van der Waals surface area contributed by atoms with Gasteiger partial charge in [0.15, 0.2) is 17.3 Å². The van der Waals surface area contributed by atoms with Crippen LogP contribution in [-0.2, 0) is 26.1 Å². The van der Waals surface area contributed by atoms with Crippen LogP contribution in [-0.4, -0.2) is 31.7 Å². The molecule has 5 rings (SSSR count). The predicted molar refractivity (Wildman–Crippen MR) is 252 cm³/mol. The second kappa shape index (κ2) is 21.4. The normalized spacial score (nSPS) is 12.8. The Kier molecular flexibility index (Phi) is 16.2. The lowest BCUT2D eigenvalue weighted by Crippen LogP contribution is -2.15. The molecule has 0 aromatic heterocycles. The molecule has 0 aliphatic carbocycles. The number of ketones is 1. The Balaban J connectivity index is 1.35. The number of carbonyl (C=O) groups excluding carboxylic acids is 1. The minimum Gasteiger partial charge on any atom is -0.493 e. The van der Waals surface area contributed by atoms with Crippen LogP contribution in [0.2, 0.25) is 0 Å². The third kappa shape index (κ3) is 12.6. The van der Waals surface area contributed by atoms with Gasteiger partial charge in [-0.3, -0.25) is 9.79 Å². The van der Waals surface area contributed by atoms with E-state index in [9.17, 15) is 4.79 Å². The molecular weight excluding hydrogens is 743 g/mol. The predicted octanol–water partition coefficient (Wildman–Crippen LogP) is 13.1. The smallest absolute Gasteiger partial charge is 0.163 e. The summed E-state index contributed by atoms with van der Waals surface area (Å²) < 4.78 is 18.8. The van der Waals surface area contributed by atoms with Crippen molar-refractivity contribution in [1.82, 2.24) is 0 Å². The van der Waals surface area contributed by atoms with Gasteiger partial charge in [-0.05, 0) is 147 Å². The number of allylic oxidation sites excluding steroid dienone is 1. The third-order valence-corrected chi connectivity index (χ3v) is 11.0. The summed E-state index contributed by atoms with van der Waals surface area (Å²) in [5.41, 5.74) is 13.4. The Morgan fingerprint density at radius 3 is 1.95 bits per heavy atom. The number of anilines is 2. The number of nitrogens with one attached hydrogen (secondary N) is 2. The lowest BCUT2D eigenvalue weighted by Gasteiger charge is -2.20. The van der Waals surface area contributed by atoms with Gasteiger partial charge in [-0.2, -0.15) is 0 Å². The van der Waals surface area contributed by atoms with E-state index >= 15 is 0 Å². The lowest BCUT2D eigenvalue weighted by atomic mass is 9.97. The van der Waals surface area contributed by atoms with Crippen LogP contribution in [0.4, 0.5) is 17.1 Å². The summed E-state index contributed by atoms with van der Waals surface area (Å²) in [6.07, 6.45) is 4.75. The molecule has 60 heavy (non-hydrogen) atoms. The molecule has 0 aliphatic rings. The fourth-order valence-corrected chi connectivity index (χ4v) is 7.29. The second-order valence-corrected chi connectivity index (χ2v) is 16.6. The molecule has 5 aromatic rings. The Morgan fingerprint density at radius 2 is 1.37 bits per heavy atom. The fraction of sp³-hybridized carbons (Fsp3) is 0.358. The molecular formula is C53H65N3O4. The molecule has 0 heterocycles. The number of aliphatic imine (C=N–C) groups is 1. The zero-order valence-electron chi connectivity index (χ0n) is 37.5. The molecule has 7 heteroatoms. The average Bonchev–Trinajstić information content (AvgIpc) is 3.22. The van der Waals surface area contributed by atoms with Crippen molar-refractivity contribution < 1.29 is 19.0 Å². The van der Waals surface area contributed by atoms with Crippen LogP contribution in [0, 0.1) is 32.6 Å². The van der Waals surface area contributed by atoms with E-state index in [4.69, 9.17) is 19.2 Å². The molecule has 0 saturated carbocycles. The molecule has 0 saturated heterocycles. The van der Waals surface area contributed by atoms with Crippen LogP contribution in [0.15, 0.2) is 103 Å². The summed E-state index contributed by atoms with van der Waals surface area (Å²) in [7, 11) is 1.59. The molecule has 0 fully saturated rings. The lowest BCUT2D eigenvalue weighted by molar-refractivity contribution is 0.101. The van der Waals surface area contributed by atoms with E-state index in [1.54, 1.807) is 20.1 Å².